The van der Waals surface area contributed by atoms with E-state index in [0.717, 1.165) is 66.8 Å². The van der Waals surface area contributed by atoms with Crippen LogP contribution in [0.1, 0.15) is 26.5 Å². The second-order valence-corrected chi connectivity index (χ2v) is 11.1. The van der Waals surface area contributed by atoms with Crippen molar-refractivity contribution in [2.24, 2.45) is 0 Å². The number of anilines is 1. The minimum atomic E-state index is -0.0600. The molecule has 0 N–H and O–H groups in total. The lowest BCUT2D eigenvalue weighted by Gasteiger charge is -2.36. The summed E-state index contributed by atoms with van der Waals surface area (Å²) in [6, 6.07) is 27.3. The summed E-state index contributed by atoms with van der Waals surface area (Å²) in [7, 11) is 0. The van der Waals surface area contributed by atoms with Crippen LogP contribution < -0.4 is 9.64 Å². The summed E-state index contributed by atoms with van der Waals surface area (Å²) in [6.45, 7) is 12.1. The van der Waals surface area contributed by atoms with E-state index < -0.39 is 0 Å². The Morgan fingerprint density at radius 1 is 0.842 bits per heavy atom. The van der Waals surface area contributed by atoms with Gasteiger partial charge >= 0.3 is 0 Å². The van der Waals surface area contributed by atoms with Gasteiger partial charge < -0.3 is 9.64 Å². The van der Waals surface area contributed by atoms with Crippen molar-refractivity contribution in [2.75, 3.05) is 44.2 Å². The summed E-state index contributed by atoms with van der Waals surface area (Å²) in [5.41, 5.74) is 4.16. The Morgan fingerprint density at radius 2 is 1.58 bits per heavy atom. The zero-order chi connectivity index (χ0) is 26.1. The molecule has 38 heavy (non-hydrogen) atoms. The normalized spacial score (nSPS) is 14.9. The average molecular weight is 506 g/mol. The average Bonchev–Trinajstić information content (AvgIpc) is 3.37. The fourth-order valence-electron chi connectivity index (χ4n) is 5.18. The molecule has 0 atom stereocenters. The third kappa shape index (κ3) is 4.84. The highest BCUT2D eigenvalue weighted by Gasteiger charge is 2.25. The van der Waals surface area contributed by atoms with Crippen LogP contribution in [0.15, 0.2) is 85.1 Å². The molecule has 1 aliphatic rings. The summed E-state index contributed by atoms with van der Waals surface area (Å²) in [5.74, 6) is 2.08. The van der Waals surface area contributed by atoms with Crippen molar-refractivity contribution in [2.45, 2.75) is 26.2 Å². The van der Waals surface area contributed by atoms with Gasteiger partial charge in [-0.15, -0.1) is 0 Å². The van der Waals surface area contributed by atoms with Gasteiger partial charge in [0.25, 0.3) is 0 Å². The van der Waals surface area contributed by atoms with E-state index in [0.29, 0.717) is 6.61 Å². The van der Waals surface area contributed by atoms with Crippen molar-refractivity contribution in [3.8, 4) is 16.9 Å². The summed E-state index contributed by atoms with van der Waals surface area (Å²) in [5, 5.41) is 7.18. The molecule has 0 spiro atoms. The SMILES string of the molecule is CC(C)(C)c1cc(N2CCN(CCOc3cccc4ccccc34)CC2)n2ncc(-c3ccccc3)c2n1. The van der Waals surface area contributed by atoms with E-state index in [4.69, 9.17) is 14.8 Å². The van der Waals surface area contributed by atoms with Crippen molar-refractivity contribution < 1.29 is 4.74 Å². The van der Waals surface area contributed by atoms with Crippen LogP contribution in [0.5, 0.6) is 5.75 Å². The molecule has 3 aromatic carbocycles. The molecule has 194 valence electrons. The molecule has 6 heteroatoms. The molecule has 5 aromatic rings. The van der Waals surface area contributed by atoms with Gasteiger partial charge in [0, 0.05) is 55.2 Å². The number of piperazine rings is 1. The molecule has 1 fully saturated rings. The van der Waals surface area contributed by atoms with Gasteiger partial charge in [-0.05, 0) is 17.0 Å². The van der Waals surface area contributed by atoms with Gasteiger partial charge in [-0.1, -0.05) is 87.5 Å². The maximum atomic E-state index is 6.21. The number of nitrogens with zero attached hydrogens (tertiary/aromatic N) is 5. The summed E-state index contributed by atoms with van der Waals surface area (Å²) >= 11 is 0. The van der Waals surface area contributed by atoms with Crippen LogP contribution in [0.2, 0.25) is 0 Å². The molecular weight excluding hydrogens is 470 g/mol. The molecule has 0 amide bonds. The van der Waals surface area contributed by atoms with Crippen molar-refractivity contribution in [1.29, 1.82) is 0 Å². The van der Waals surface area contributed by atoms with Gasteiger partial charge in [-0.2, -0.15) is 9.61 Å². The molecule has 0 aliphatic carbocycles. The number of ether oxygens (including phenoxy) is 1. The Balaban J connectivity index is 1.17. The summed E-state index contributed by atoms with van der Waals surface area (Å²) in [6.07, 6.45) is 1.95. The third-order valence-corrected chi connectivity index (χ3v) is 7.42. The summed E-state index contributed by atoms with van der Waals surface area (Å²) < 4.78 is 8.24. The third-order valence-electron chi connectivity index (χ3n) is 7.42. The second-order valence-electron chi connectivity index (χ2n) is 11.1. The van der Waals surface area contributed by atoms with Crippen LogP contribution in [-0.4, -0.2) is 58.8 Å². The first-order chi connectivity index (χ1) is 18.5. The van der Waals surface area contributed by atoms with Crippen molar-refractivity contribution >= 4 is 22.2 Å². The molecule has 3 heterocycles. The Kier molecular flexibility index (Phi) is 6.50. The number of benzene rings is 3. The highest BCUT2D eigenvalue weighted by molar-refractivity contribution is 5.88. The predicted molar refractivity (Wildman–Crippen MR) is 155 cm³/mol. The fourth-order valence-corrected chi connectivity index (χ4v) is 5.18. The molecule has 1 saturated heterocycles. The minimum Gasteiger partial charge on any atom is -0.492 e. The van der Waals surface area contributed by atoms with E-state index in [1.807, 2.05) is 16.8 Å². The first-order valence-electron chi connectivity index (χ1n) is 13.5. The molecule has 2 aromatic heterocycles. The highest BCUT2D eigenvalue weighted by atomic mass is 16.5. The number of rotatable bonds is 6. The zero-order valence-electron chi connectivity index (χ0n) is 22.5. The first-order valence-corrected chi connectivity index (χ1v) is 13.5. The standard InChI is InChI=1S/C32H35N5O/c1-32(2,3)29-22-30(37-31(34-29)27(23-33-37)25-10-5-4-6-11-25)36-18-16-35(17-19-36)20-21-38-28-15-9-13-24-12-7-8-14-26(24)28/h4-15,22-23H,16-21H2,1-3H3. The minimum absolute atomic E-state index is 0.0600. The van der Waals surface area contributed by atoms with Gasteiger partial charge in [0.05, 0.1) is 11.9 Å². The number of fused-ring (bicyclic) bond motifs is 2. The Hall–Kier alpha value is -3.90. The van der Waals surface area contributed by atoms with E-state index in [9.17, 15) is 0 Å². The molecule has 0 radical (unpaired) electrons. The van der Waals surface area contributed by atoms with Crippen molar-refractivity contribution in [3.63, 3.8) is 0 Å². The monoisotopic (exact) mass is 505 g/mol. The van der Waals surface area contributed by atoms with Crippen LogP contribution >= 0.6 is 0 Å². The molecule has 0 saturated carbocycles. The molecule has 6 rings (SSSR count). The number of hydrogen-bond acceptors (Lipinski definition) is 5. The van der Waals surface area contributed by atoms with E-state index in [2.05, 4.69) is 103 Å². The molecule has 0 unspecified atom stereocenters. The quantitative estimate of drug-likeness (QED) is 0.281. The number of aromatic nitrogens is 3. The molecule has 0 bridgehead atoms. The summed E-state index contributed by atoms with van der Waals surface area (Å²) in [4.78, 5) is 10.0. The number of hydrogen-bond donors (Lipinski definition) is 0. The molecular formula is C32H35N5O. The fraction of sp³-hybridized carbons (Fsp3) is 0.312. The smallest absolute Gasteiger partial charge is 0.165 e. The van der Waals surface area contributed by atoms with Crippen LogP contribution in [0.3, 0.4) is 0 Å². The largest absolute Gasteiger partial charge is 0.492 e. The first kappa shape index (κ1) is 24.4. The van der Waals surface area contributed by atoms with Gasteiger partial charge in [0.15, 0.2) is 5.65 Å². The van der Waals surface area contributed by atoms with Crippen LogP contribution in [0, 0.1) is 0 Å². The van der Waals surface area contributed by atoms with Gasteiger partial charge in [-0.25, -0.2) is 4.98 Å². The predicted octanol–water partition coefficient (Wildman–Crippen LogP) is 6.05. The van der Waals surface area contributed by atoms with Crippen LogP contribution in [-0.2, 0) is 5.41 Å². The molecule has 6 nitrogen and oxygen atoms in total. The molecule has 1 aliphatic heterocycles. The van der Waals surface area contributed by atoms with Gasteiger partial charge in [0.1, 0.15) is 18.2 Å². The lowest BCUT2D eigenvalue weighted by atomic mass is 9.91. The highest BCUT2D eigenvalue weighted by Crippen LogP contribution is 2.31. The van der Waals surface area contributed by atoms with Crippen molar-refractivity contribution in [3.05, 3.63) is 90.8 Å². The Bertz CT molecular complexity index is 1540. The Labute approximate surface area is 224 Å². The lowest BCUT2D eigenvalue weighted by Crippen LogP contribution is -2.48. The maximum absolute atomic E-state index is 6.21. The zero-order valence-corrected chi connectivity index (χ0v) is 22.5. The van der Waals surface area contributed by atoms with E-state index in [1.165, 1.54) is 10.8 Å². The Morgan fingerprint density at radius 3 is 2.37 bits per heavy atom. The van der Waals surface area contributed by atoms with E-state index >= 15 is 0 Å². The van der Waals surface area contributed by atoms with Crippen LogP contribution in [0.4, 0.5) is 5.82 Å². The van der Waals surface area contributed by atoms with E-state index in [-0.39, 0.29) is 5.41 Å². The van der Waals surface area contributed by atoms with E-state index in [1.54, 1.807) is 0 Å². The van der Waals surface area contributed by atoms with Gasteiger partial charge in [0.2, 0.25) is 0 Å². The maximum Gasteiger partial charge on any atom is 0.165 e. The lowest BCUT2D eigenvalue weighted by molar-refractivity contribution is 0.201. The second kappa shape index (κ2) is 10.1. The van der Waals surface area contributed by atoms with Crippen molar-refractivity contribution in [1.82, 2.24) is 19.5 Å². The topological polar surface area (TPSA) is 45.9 Å². The van der Waals surface area contributed by atoms with Gasteiger partial charge in [-0.3, -0.25) is 4.90 Å². The van der Waals surface area contributed by atoms with Crippen LogP contribution in [0.25, 0.3) is 27.5 Å².